The molecule has 3 rings (SSSR count). The number of para-hydroxylation sites is 1. The van der Waals surface area contributed by atoms with E-state index in [0.717, 1.165) is 17.1 Å². The highest BCUT2D eigenvalue weighted by Crippen LogP contribution is 2.34. The number of benzene rings is 1. The van der Waals surface area contributed by atoms with E-state index in [4.69, 9.17) is 15.0 Å². The predicted octanol–water partition coefficient (Wildman–Crippen LogP) is 7.08. The lowest BCUT2D eigenvalue weighted by Gasteiger charge is -2.25. The summed E-state index contributed by atoms with van der Waals surface area (Å²) in [5.74, 6) is 1.54. The van der Waals surface area contributed by atoms with Gasteiger partial charge >= 0.3 is 0 Å². The number of pyridine rings is 1. The smallest absolute Gasteiger partial charge is 0.0820 e. The Balaban J connectivity index is 1.83. The van der Waals surface area contributed by atoms with Crippen molar-refractivity contribution in [1.29, 1.82) is 0 Å². The van der Waals surface area contributed by atoms with Gasteiger partial charge in [0.15, 0.2) is 0 Å². The molecule has 1 aliphatic rings. The molecule has 0 spiro atoms. The van der Waals surface area contributed by atoms with Crippen LogP contribution in [0.25, 0.3) is 0 Å². The maximum Gasteiger partial charge on any atom is 0.0820 e. The summed E-state index contributed by atoms with van der Waals surface area (Å²) in [6.45, 7) is 11.2. The van der Waals surface area contributed by atoms with E-state index in [1.165, 1.54) is 36.8 Å². The zero-order valence-corrected chi connectivity index (χ0v) is 18.6. The molecule has 2 aromatic rings. The summed E-state index contributed by atoms with van der Waals surface area (Å²) >= 11 is 0. The molecule has 1 saturated carbocycles. The Kier molecular flexibility index (Phi) is 7.35. The molecule has 3 nitrogen and oxygen atoms in total. The van der Waals surface area contributed by atoms with Gasteiger partial charge in [-0.15, -0.1) is 0 Å². The Hall–Kier alpha value is -2.29. The first kappa shape index (κ1) is 21.4. The molecule has 0 amide bonds. The van der Waals surface area contributed by atoms with Crippen LogP contribution in [0.3, 0.4) is 0 Å². The zero-order valence-electron chi connectivity index (χ0n) is 18.6. The molecule has 29 heavy (non-hydrogen) atoms. The van der Waals surface area contributed by atoms with Crippen molar-refractivity contribution in [2.75, 3.05) is 0 Å². The highest BCUT2D eigenvalue weighted by atomic mass is 14.8. The largest absolute Gasteiger partial charge is 0.287 e. The minimum absolute atomic E-state index is 0.435. The van der Waals surface area contributed by atoms with Crippen LogP contribution >= 0.6 is 0 Å². The van der Waals surface area contributed by atoms with Gasteiger partial charge in [0.2, 0.25) is 0 Å². The van der Waals surface area contributed by atoms with Crippen molar-refractivity contribution in [3.8, 4) is 0 Å². The van der Waals surface area contributed by atoms with E-state index in [-0.39, 0.29) is 0 Å². The average molecular weight is 390 g/mol. The fourth-order valence-electron chi connectivity index (χ4n) is 4.09. The van der Waals surface area contributed by atoms with Crippen LogP contribution in [0.5, 0.6) is 0 Å². The minimum Gasteiger partial charge on any atom is -0.287 e. The first-order valence-corrected chi connectivity index (χ1v) is 11.1. The topological polar surface area (TPSA) is 37.6 Å². The van der Waals surface area contributed by atoms with Gasteiger partial charge in [0.05, 0.1) is 29.3 Å². The second-order valence-corrected chi connectivity index (χ2v) is 8.95. The van der Waals surface area contributed by atoms with Gasteiger partial charge in [-0.05, 0) is 53.9 Å². The third kappa shape index (κ3) is 5.62. The monoisotopic (exact) mass is 389 g/mol. The lowest BCUT2D eigenvalue weighted by molar-refractivity contribution is 0.333. The van der Waals surface area contributed by atoms with Crippen LogP contribution in [0.15, 0.2) is 46.4 Å². The van der Waals surface area contributed by atoms with E-state index in [0.29, 0.717) is 23.8 Å². The number of hydrogen-bond acceptors (Lipinski definition) is 3. The molecule has 1 aromatic heterocycles. The van der Waals surface area contributed by atoms with E-state index in [1.54, 1.807) is 0 Å². The molecular formula is C26H35N3. The van der Waals surface area contributed by atoms with Gasteiger partial charge in [-0.3, -0.25) is 9.98 Å². The van der Waals surface area contributed by atoms with Crippen molar-refractivity contribution in [2.45, 2.75) is 78.2 Å². The van der Waals surface area contributed by atoms with Gasteiger partial charge in [0.25, 0.3) is 0 Å². The summed E-state index contributed by atoms with van der Waals surface area (Å²) < 4.78 is 0. The van der Waals surface area contributed by atoms with Crippen molar-refractivity contribution in [3.63, 3.8) is 0 Å². The Labute approximate surface area is 176 Å². The lowest BCUT2D eigenvalue weighted by Crippen LogP contribution is -2.20. The van der Waals surface area contributed by atoms with Crippen LogP contribution in [0.4, 0.5) is 5.69 Å². The van der Waals surface area contributed by atoms with E-state index in [1.807, 2.05) is 30.6 Å². The van der Waals surface area contributed by atoms with Gasteiger partial charge < -0.3 is 0 Å². The molecule has 0 aliphatic heterocycles. The van der Waals surface area contributed by atoms with Crippen LogP contribution in [0.1, 0.15) is 94.7 Å². The molecule has 1 fully saturated rings. The van der Waals surface area contributed by atoms with Gasteiger partial charge in [-0.1, -0.05) is 71.7 Å². The maximum atomic E-state index is 4.89. The SMILES string of the molecule is CC(C)c1cccc(C(C)C)c1N=Cc1cccc(C=NC2CCCCC2C)n1. The summed E-state index contributed by atoms with van der Waals surface area (Å²) in [4.78, 5) is 14.5. The molecule has 1 aliphatic carbocycles. The van der Waals surface area contributed by atoms with E-state index in [9.17, 15) is 0 Å². The predicted molar refractivity (Wildman–Crippen MR) is 125 cm³/mol. The Morgan fingerprint density at radius 1 is 0.862 bits per heavy atom. The Bertz CT molecular complexity index is 838. The van der Waals surface area contributed by atoms with E-state index < -0.39 is 0 Å². The third-order valence-electron chi connectivity index (χ3n) is 5.93. The lowest BCUT2D eigenvalue weighted by atomic mass is 9.86. The van der Waals surface area contributed by atoms with Crippen LogP contribution in [0, 0.1) is 5.92 Å². The molecule has 1 heterocycles. The quantitative estimate of drug-likeness (QED) is 0.486. The van der Waals surface area contributed by atoms with E-state index in [2.05, 4.69) is 52.8 Å². The molecule has 2 atom stereocenters. The van der Waals surface area contributed by atoms with Crippen molar-refractivity contribution < 1.29 is 0 Å². The number of rotatable bonds is 6. The van der Waals surface area contributed by atoms with Crippen molar-refractivity contribution >= 4 is 18.1 Å². The normalized spacial score (nSPS) is 20.4. The summed E-state index contributed by atoms with van der Waals surface area (Å²) in [5.41, 5.74) is 5.45. The molecule has 3 heteroatoms. The molecular weight excluding hydrogens is 354 g/mol. The van der Waals surface area contributed by atoms with Gasteiger partial charge in [-0.2, -0.15) is 0 Å². The number of hydrogen-bond donors (Lipinski definition) is 0. The second kappa shape index (κ2) is 9.96. The van der Waals surface area contributed by atoms with Gasteiger partial charge in [0, 0.05) is 6.21 Å². The molecule has 0 saturated heterocycles. The summed E-state index contributed by atoms with van der Waals surface area (Å²) in [6, 6.07) is 13.0. The van der Waals surface area contributed by atoms with E-state index >= 15 is 0 Å². The van der Waals surface area contributed by atoms with Crippen LogP contribution in [-0.2, 0) is 0 Å². The molecule has 0 N–H and O–H groups in total. The first-order chi connectivity index (χ1) is 14.0. The first-order valence-electron chi connectivity index (χ1n) is 11.1. The van der Waals surface area contributed by atoms with Gasteiger partial charge in [-0.25, -0.2) is 4.98 Å². The number of aliphatic imine (C=N–C) groups is 2. The van der Waals surface area contributed by atoms with Crippen molar-refractivity contribution in [2.24, 2.45) is 15.9 Å². The summed E-state index contributed by atoms with van der Waals surface area (Å²) in [5, 5.41) is 0. The molecule has 0 bridgehead atoms. The Morgan fingerprint density at radius 3 is 2.07 bits per heavy atom. The maximum absolute atomic E-state index is 4.89. The highest BCUT2D eigenvalue weighted by molar-refractivity contribution is 5.83. The highest BCUT2D eigenvalue weighted by Gasteiger charge is 2.19. The fourth-order valence-corrected chi connectivity index (χ4v) is 4.09. The summed E-state index contributed by atoms with van der Waals surface area (Å²) in [6.07, 6.45) is 8.96. The van der Waals surface area contributed by atoms with Crippen molar-refractivity contribution in [1.82, 2.24) is 4.98 Å². The second-order valence-electron chi connectivity index (χ2n) is 8.95. The Morgan fingerprint density at radius 2 is 1.45 bits per heavy atom. The number of aromatic nitrogens is 1. The molecule has 2 unspecified atom stereocenters. The van der Waals surface area contributed by atoms with Gasteiger partial charge in [0.1, 0.15) is 0 Å². The molecule has 154 valence electrons. The van der Waals surface area contributed by atoms with Crippen LogP contribution < -0.4 is 0 Å². The fraction of sp³-hybridized carbons (Fsp3) is 0.500. The standard InChI is InChI=1S/C26H35N3/c1-18(2)23-13-9-14-24(19(3)4)26(23)28-17-22-12-8-11-21(29-22)16-27-25-15-7-6-10-20(25)5/h8-9,11-14,16-20,25H,6-7,10,15H2,1-5H3. The van der Waals surface area contributed by atoms with Crippen LogP contribution in [-0.4, -0.2) is 23.5 Å². The molecule has 1 aromatic carbocycles. The van der Waals surface area contributed by atoms with Crippen LogP contribution in [0.2, 0.25) is 0 Å². The molecule has 0 radical (unpaired) electrons. The summed E-state index contributed by atoms with van der Waals surface area (Å²) in [7, 11) is 0. The average Bonchev–Trinajstić information content (AvgIpc) is 2.71. The minimum atomic E-state index is 0.435. The zero-order chi connectivity index (χ0) is 20.8. The van der Waals surface area contributed by atoms with Crippen molar-refractivity contribution in [3.05, 3.63) is 58.9 Å². The number of nitrogens with zero attached hydrogens (tertiary/aromatic N) is 3. The third-order valence-corrected chi connectivity index (χ3v) is 5.93.